The minimum Gasteiger partial charge on any atom is -0.455 e. The van der Waals surface area contributed by atoms with Gasteiger partial charge in [-0.3, -0.25) is 0 Å². The molecule has 0 aliphatic rings. The quantitative estimate of drug-likeness (QED) is 0.186. The molecular formula is C46H29NOS. The average Bonchev–Trinajstić information content (AvgIpc) is 3.75. The maximum atomic E-state index is 6.42. The van der Waals surface area contributed by atoms with Gasteiger partial charge in [0.1, 0.15) is 11.2 Å². The third-order valence-corrected chi connectivity index (χ3v) is 10.9. The Hall–Kier alpha value is -6.16. The van der Waals surface area contributed by atoms with Gasteiger partial charge in [0.25, 0.3) is 0 Å². The van der Waals surface area contributed by atoms with E-state index in [0.717, 1.165) is 44.4 Å². The Morgan fingerprint density at radius 3 is 1.98 bits per heavy atom. The number of fused-ring (bicyclic) bond motifs is 7. The summed E-state index contributed by atoms with van der Waals surface area (Å²) in [5.74, 6) is 0. The van der Waals surface area contributed by atoms with Crippen molar-refractivity contribution in [3.63, 3.8) is 0 Å². The minimum absolute atomic E-state index is 0.912. The number of benzene rings is 8. The zero-order chi connectivity index (χ0) is 32.3. The van der Waals surface area contributed by atoms with Crippen LogP contribution in [0.3, 0.4) is 0 Å². The van der Waals surface area contributed by atoms with Crippen LogP contribution in [0.4, 0.5) is 17.1 Å². The number of furan rings is 1. The minimum atomic E-state index is 0.912. The van der Waals surface area contributed by atoms with Gasteiger partial charge in [-0.2, -0.15) is 0 Å². The van der Waals surface area contributed by atoms with Gasteiger partial charge in [0.2, 0.25) is 0 Å². The molecule has 2 nitrogen and oxygen atoms in total. The summed E-state index contributed by atoms with van der Waals surface area (Å²) in [6, 6.07) is 63.1. The highest BCUT2D eigenvalue weighted by atomic mass is 32.1. The predicted molar refractivity (Wildman–Crippen MR) is 210 cm³/mol. The fraction of sp³-hybridized carbons (Fsp3) is 0. The van der Waals surface area contributed by atoms with Crippen LogP contribution in [0.1, 0.15) is 0 Å². The number of anilines is 3. The molecule has 2 heterocycles. The third kappa shape index (κ3) is 4.47. The molecule has 0 unspecified atom stereocenters. The van der Waals surface area contributed by atoms with Gasteiger partial charge in [-0.15, -0.1) is 11.3 Å². The number of rotatable bonds is 5. The molecule has 10 rings (SSSR count). The van der Waals surface area contributed by atoms with E-state index in [1.54, 1.807) is 0 Å². The molecule has 0 saturated carbocycles. The number of hydrogen-bond donors (Lipinski definition) is 0. The van der Waals surface area contributed by atoms with E-state index >= 15 is 0 Å². The number of thiophene rings is 1. The van der Waals surface area contributed by atoms with Crippen molar-refractivity contribution in [1.82, 2.24) is 0 Å². The van der Waals surface area contributed by atoms with E-state index in [1.807, 2.05) is 23.5 Å². The summed E-state index contributed by atoms with van der Waals surface area (Å²) in [5.41, 5.74) is 9.95. The smallest absolute Gasteiger partial charge is 0.143 e. The first-order chi connectivity index (χ1) is 24.3. The Bertz CT molecular complexity index is 2820. The second-order valence-electron chi connectivity index (χ2n) is 12.5. The van der Waals surface area contributed by atoms with E-state index in [0.29, 0.717) is 0 Å². The van der Waals surface area contributed by atoms with Gasteiger partial charge in [-0.05, 0) is 58.5 Å². The Kier molecular flexibility index (Phi) is 6.39. The molecule has 0 radical (unpaired) electrons. The maximum Gasteiger partial charge on any atom is 0.143 e. The van der Waals surface area contributed by atoms with Crippen LogP contribution in [0.2, 0.25) is 0 Å². The molecule has 230 valence electrons. The molecule has 0 fully saturated rings. The Balaban J connectivity index is 1.21. The summed E-state index contributed by atoms with van der Waals surface area (Å²) >= 11 is 1.87. The summed E-state index contributed by atoms with van der Waals surface area (Å²) in [4.78, 5) is 2.44. The van der Waals surface area contributed by atoms with E-state index in [4.69, 9.17) is 4.42 Å². The van der Waals surface area contributed by atoms with E-state index < -0.39 is 0 Å². The van der Waals surface area contributed by atoms with Crippen molar-refractivity contribution in [1.29, 1.82) is 0 Å². The van der Waals surface area contributed by atoms with Crippen LogP contribution in [-0.2, 0) is 0 Å². The molecule has 0 spiro atoms. The van der Waals surface area contributed by atoms with E-state index in [9.17, 15) is 0 Å². The molecule has 0 aliphatic carbocycles. The molecule has 3 heteroatoms. The average molecular weight is 644 g/mol. The van der Waals surface area contributed by atoms with Crippen LogP contribution in [0.5, 0.6) is 0 Å². The van der Waals surface area contributed by atoms with E-state index in [-0.39, 0.29) is 0 Å². The standard InChI is InChI=1S/C46H29NOS/c1-2-12-31(13-3-1)35-28-29-41(46-44(35)39-18-7-9-23-43(39)49-46)47(40-21-10-15-30-14-4-5-16-34(30)40)33-26-24-32(25-27-33)36-19-11-20-38-37-17-6-8-22-42(37)48-45(36)38/h1-29H. The summed E-state index contributed by atoms with van der Waals surface area (Å²) in [7, 11) is 0. The number of hydrogen-bond acceptors (Lipinski definition) is 3. The number of para-hydroxylation sites is 2. The van der Waals surface area contributed by atoms with E-state index in [2.05, 4.69) is 169 Å². The lowest BCUT2D eigenvalue weighted by Gasteiger charge is -2.28. The Labute approximate surface area is 287 Å². The van der Waals surface area contributed by atoms with Gasteiger partial charge in [0, 0.05) is 42.9 Å². The first-order valence-corrected chi connectivity index (χ1v) is 17.4. The van der Waals surface area contributed by atoms with Crippen LogP contribution in [0.15, 0.2) is 180 Å². The third-order valence-electron chi connectivity index (χ3n) is 9.68. The van der Waals surface area contributed by atoms with Crippen molar-refractivity contribution in [2.75, 3.05) is 4.90 Å². The molecule has 8 aromatic carbocycles. The first-order valence-electron chi connectivity index (χ1n) is 16.6. The SMILES string of the molecule is c1ccc(-c2ccc(N(c3ccc(-c4cccc5c4oc4ccccc45)cc3)c3cccc4ccccc34)c3sc4ccccc4c23)cc1. The van der Waals surface area contributed by atoms with Crippen LogP contribution < -0.4 is 4.90 Å². The van der Waals surface area contributed by atoms with Crippen molar-refractivity contribution < 1.29 is 4.42 Å². The lowest BCUT2D eigenvalue weighted by atomic mass is 9.97. The molecule has 49 heavy (non-hydrogen) atoms. The van der Waals surface area contributed by atoms with Crippen molar-refractivity contribution >= 4 is 81.3 Å². The first kappa shape index (κ1) is 27.9. The topological polar surface area (TPSA) is 16.4 Å². The van der Waals surface area contributed by atoms with Gasteiger partial charge in [-0.25, -0.2) is 0 Å². The van der Waals surface area contributed by atoms with Gasteiger partial charge >= 0.3 is 0 Å². The summed E-state index contributed by atoms with van der Waals surface area (Å²) in [6.45, 7) is 0. The van der Waals surface area contributed by atoms with Crippen LogP contribution in [-0.4, -0.2) is 0 Å². The largest absolute Gasteiger partial charge is 0.455 e. The second kappa shape index (κ2) is 11.2. The van der Waals surface area contributed by atoms with Crippen LogP contribution in [0.25, 0.3) is 75.1 Å². The fourth-order valence-corrected chi connectivity index (χ4v) is 8.66. The highest BCUT2D eigenvalue weighted by Gasteiger charge is 2.22. The summed E-state index contributed by atoms with van der Waals surface area (Å²) < 4.78 is 8.97. The van der Waals surface area contributed by atoms with Crippen LogP contribution >= 0.6 is 11.3 Å². The van der Waals surface area contributed by atoms with Crippen LogP contribution in [0, 0.1) is 0 Å². The summed E-state index contributed by atoms with van der Waals surface area (Å²) in [5, 5.41) is 7.29. The van der Waals surface area contributed by atoms with Crippen molar-refractivity contribution in [2.24, 2.45) is 0 Å². The zero-order valence-corrected chi connectivity index (χ0v) is 27.3. The summed E-state index contributed by atoms with van der Waals surface area (Å²) in [6.07, 6.45) is 0. The van der Waals surface area contributed by atoms with Crippen molar-refractivity contribution in [3.05, 3.63) is 176 Å². The molecule has 0 bridgehead atoms. The van der Waals surface area contributed by atoms with Gasteiger partial charge in [0.05, 0.1) is 16.1 Å². The normalized spacial score (nSPS) is 11.7. The van der Waals surface area contributed by atoms with E-state index in [1.165, 1.54) is 47.8 Å². The predicted octanol–water partition coefficient (Wildman–Crippen LogP) is 13.9. The number of nitrogens with zero attached hydrogens (tertiary/aromatic N) is 1. The zero-order valence-electron chi connectivity index (χ0n) is 26.5. The van der Waals surface area contributed by atoms with Gasteiger partial charge in [-0.1, -0.05) is 140 Å². The molecule has 0 amide bonds. The molecule has 0 N–H and O–H groups in total. The van der Waals surface area contributed by atoms with Gasteiger partial charge < -0.3 is 9.32 Å². The second-order valence-corrected chi connectivity index (χ2v) is 13.5. The molecule has 10 aromatic rings. The molecular weight excluding hydrogens is 615 g/mol. The maximum absolute atomic E-state index is 6.42. The molecule has 0 atom stereocenters. The Morgan fingerprint density at radius 2 is 1.10 bits per heavy atom. The Morgan fingerprint density at radius 1 is 0.429 bits per heavy atom. The molecule has 2 aromatic heterocycles. The monoisotopic (exact) mass is 643 g/mol. The molecule has 0 aliphatic heterocycles. The van der Waals surface area contributed by atoms with Crippen molar-refractivity contribution in [2.45, 2.75) is 0 Å². The van der Waals surface area contributed by atoms with Crippen molar-refractivity contribution in [3.8, 4) is 22.3 Å². The fourth-order valence-electron chi connectivity index (χ4n) is 7.42. The highest BCUT2D eigenvalue weighted by molar-refractivity contribution is 7.26. The molecule has 0 saturated heterocycles. The lowest BCUT2D eigenvalue weighted by molar-refractivity contribution is 0.670. The lowest BCUT2D eigenvalue weighted by Crippen LogP contribution is -2.10. The van der Waals surface area contributed by atoms with Gasteiger partial charge in [0.15, 0.2) is 0 Å². The highest BCUT2D eigenvalue weighted by Crippen LogP contribution is 2.49.